The van der Waals surface area contributed by atoms with Crippen LogP contribution in [0.25, 0.3) is 0 Å². The molecule has 0 heterocycles. The van der Waals surface area contributed by atoms with Gasteiger partial charge in [0.1, 0.15) is 0 Å². The highest BCUT2D eigenvalue weighted by atomic mass is 16.5. The molecule has 0 aromatic rings. The molecule has 0 radical (unpaired) electrons. The Labute approximate surface area is 96.9 Å². The summed E-state index contributed by atoms with van der Waals surface area (Å²) >= 11 is 0. The summed E-state index contributed by atoms with van der Waals surface area (Å²) in [5, 5.41) is 5.58. The van der Waals surface area contributed by atoms with Crippen LogP contribution in [-0.4, -0.2) is 44.5 Å². The predicted octanol–water partition coefficient (Wildman–Crippen LogP) is 0.0963. The fourth-order valence-corrected chi connectivity index (χ4v) is 1.14. The van der Waals surface area contributed by atoms with Crippen molar-refractivity contribution < 1.29 is 14.3 Å². The first-order valence-corrected chi connectivity index (χ1v) is 5.66. The molecule has 16 heavy (non-hydrogen) atoms. The topological polar surface area (TPSA) is 67.4 Å². The zero-order valence-electron chi connectivity index (χ0n) is 10.3. The summed E-state index contributed by atoms with van der Waals surface area (Å²) in [6.07, 6.45) is 0.741. The molecule has 0 fully saturated rings. The van der Waals surface area contributed by atoms with Crippen LogP contribution in [0.4, 0.5) is 0 Å². The average Bonchev–Trinajstić information content (AvgIpc) is 2.27. The van der Waals surface area contributed by atoms with Crippen LogP contribution in [0.1, 0.15) is 26.7 Å². The number of likely N-dealkylation sites (N-methyl/N-ethyl adjacent to an activating group) is 1. The third kappa shape index (κ3) is 7.36. The molecular weight excluding hydrogens is 208 g/mol. The maximum atomic E-state index is 11.3. The van der Waals surface area contributed by atoms with Crippen molar-refractivity contribution in [2.75, 3.05) is 26.8 Å². The molecular formula is C11H22N2O3. The number of ketones is 1. The zero-order chi connectivity index (χ0) is 12.4. The Kier molecular flexibility index (Phi) is 8.75. The summed E-state index contributed by atoms with van der Waals surface area (Å²) in [4.78, 5) is 22.6. The number of ether oxygens (including phenoxy) is 1. The molecule has 0 saturated heterocycles. The van der Waals surface area contributed by atoms with E-state index in [9.17, 15) is 9.59 Å². The molecule has 0 aromatic carbocycles. The van der Waals surface area contributed by atoms with Crippen molar-refractivity contribution in [1.29, 1.82) is 0 Å². The van der Waals surface area contributed by atoms with Crippen molar-refractivity contribution in [2.45, 2.75) is 32.7 Å². The lowest BCUT2D eigenvalue weighted by atomic mass is 10.1. The number of amides is 1. The van der Waals surface area contributed by atoms with E-state index < -0.39 is 6.04 Å². The second-order valence-corrected chi connectivity index (χ2v) is 3.57. The number of hydrogen-bond donors (Lipinski definition) is 2. The van der Waals surface area contributed by atoms with Crippen molar-refractivity contribution in [1.82, 2.24) is 10.6 Å². The third-order valence-corrected chi connectivity index (χ3v) is 2.18. The normalized spacial score (nSPS) is 12.2. The van der Waals surface area contributed by atoms with E-state index in [2.05, 4.69) is 10.6 Å². The van der Waals surface area contributed by atoms with Crippen LogP contribution in [0.3, 0.4) is 0 Å². The van der Waals surface area contributed by atoms with Gasteiger partial charge >= 0.3 is 0 Å². The Hall–Kier alpha value is -0.940. The minimum atomic E-state index is -0.394. The molecule has 0 unspecified atom stereocenters. The number of rotatable bonds is 9. The monoisotopic (exact) mass is 230 g/mol. The van der Waals surface area contributed by atoms with Gasteiger partial charge in [0.2, 0.25) is 5.91 Å². The Morgan fingerprint density at radius 2 is 2.00 bits per heavy atom. The molecule has 1 atom stereocenters. The van der Waals surface area contributed by atoms with Gasteiger partial charge in [-0.05, 0) is 14.0 Å². The van der Waals surface area contributed by atoms with Crippen LogP contribution < -0.4 is 10.6 Å². The maximum Gasteiger partial charge on any atom is 0.222 e. The first-order chi connectivity index (χ1) is 7.61. The lowest BCUT2D eigenvalue weighted by molar-refractivity contribution is -0.127. The summed E-state index contributed by atoms with van der Waals surface area (Å²) in [6, 6.07) is -0.394. The highest BCUT2D eigenvalue weighted by Crippen LogP contribution is 1.91. The summed E-state index contributed by atoms with van der Waals surface area (Å²) < 4.78 is 5.20. The SMILES string of the molecule is CCC(=O)[C@@H](C)NC(=O)CCOCCNC. The summed E-state index contributed by atoms with van der Waals surface area (Å²) in [5.41, 5.74) is 0. The van der Waals surface area contributed by atoms with Gasteiger partial charge in [-0.2, -0.15) is 0 Å². The van der Waals surface area contributed by atoms with Gasteiger partial charge in [-0.3, -0.25) is 9.59 Å². The Morgan fingerprint density at radius 3 is 2.56 bits per heavy atom. The number of Topliss-reactive ketones (excluding diaryl/α,β-unsaturated/α-hetero) is 1. The maximum absolute atomic E-state index is 11.3. The van der Waals surface area contributed by atoms with Crippen LogP contribution in [0.5, 0.6) is 0 Å². The van der Waals surface area contributed by atoms with E-state index >= 15 is 0 Å². The van der Waals surface area contributed by atoms with Gasteiger partial charge in [-0.15, -0.1) is 0 Å². The van der Waals surface area contributed by atoms with Gasteiger partial charge in [-0.25, -0.2) is 0 Å². The van der Waals surface area contributed by atoms with Crippen molar-refractivity contribution in [3.63, 3.8) is 0 Å². The Bertz CT molecular complexity index is 219. The lowest BCUT2D eigenvalue weighted by Crippen LogP contribution is -2.38. The summed E-state index contributed by atoms with van der Waals surface area (Å²) in [7, 11) is 1.84. The molecule has 0 saturated carbocycles. The molecule has 0 aliphatic carbocycles. The third-order valence-electron chi connectivity index (χ3n) is 2.18. The van der Waals surface area contributed by atoms with E-state index in [1.54, 1.807) is 13.8 Å². The van der Waals surface area contributed by atoms with Crippen LogP contribution in [-0.2, 0) is 14.3 Å². The van der Waals surface area contributed by atoms with Gasteiger partial charge < -0.3 is 15.4 Å². The van der Waals surface area contributed by atoms with Gasteiger partial charge in [0.15, 0.2) is 5.78 Å². The van der Waals surface area contributed by atoms with Crippen LogP contribution in [0.2, 0.25) is 0 Å². The number of carbonyl (C=O) groups excluding carboxylic acids is 2. The Balaban J connectivity index is 3.54. The molecule has 0 aliphatic rings. The number of hydrogen-bond acceptors (Lipinski definition) is 4. The molecule has 0 spiro atoms. The molecule has 0 rings (SSSR count). The largest absolute Gasteiger partial charge is 0.380 e. The smallest absolute Gasteiger partial charge is 0.222 e. The molecule has 0 aliphatic heterocycles. The molecule has 1 amide bonds. The lowest BCUT2D eigenvalue weighted by Gasteiger charge is -2.11. The van der Waals surface area contributed by atoms with Gasteiger partial charge in [0, 0.05) is 19.4 Å². The quantitative estimate of drug-likeness (QED) is 0.551. The summed E-state index contributed by atoms with van der Waals surface area (Å²) in [6.45, 7) is 5.23. The van der Waals surface area contributed by atoms with Crippen molar-refractivity contribution in [2.24, 2.45) is 0 Å². The van der Waals surface area contributed by atoms with E-state index in [0.29, 0.717) is 26.1 Å². The van der Waals surface area contributed by atoms with Crippen molar-refractivity contribution in [3.8, 4) is 0 Å². The van der Waals surface area contributed by atoms with E-state index in [1.165, 1.54) is 0 Å². The predicted molar refractivity (Wildman–Crippen MR) is 62.3 cm³/mol. The van der Waals surface area contributed by atoms with Crippen LogP contribution in [0, 0.1) is 0 Å². The molecule has 0 aromatic heterocycles. The number of nitrogens with one attached hydrogen (secondary N) is 2. The fourth-order valence-electron chi connectivity index (χ4n) is 1.14. The molecule has 0 bridgehead atoms. The molecule has 5 heteroatoms. The second-order valence-electron chi connectivity index (χ2n) is 3.57. The Morgan fingerprint density at radius 1 is 1.31 bits per heavy atom. The average molecular weight is 230 g/mol. The minimum absolute atomic E-state index is 0.0458. The molecule has 2 N–H and O–H groups in total. The van der Waals surface area contributed by atoms with Crippen molar-refractivity contribution >= 4 is 11.7 Å². The van der Waals surface area contributed by atoms with Gasteiger partial charge in [0.05, 0.1) is 19.3 Å². The standard InChI is InChI=1S/C11H22N2O3/c1-4-10(14)9(2)13-11(15)5-7-16-8-6-12-3/h9,12H,4-8H2,1-3H3,(H,13,15)/t9-/m1/s1. The summed E-state index contributed by atoms with van der Waals surface area (Å²) in [5.74, 6) is -0.0943. The van der Waals surface area contributed by atoms with E-state index in [4.69, 9.17) is 4.74 Å². The molecule has 94 valence electrons. The van der Waals surface area contributed by atoms with Gasteiger partial charge in [-0.1, -0.05) is 6.92 Å². The second kappa shape index (κ2) is 9.30. The highest BCUT2D eigenvalue weighted by Gasteiger charge is 2.12. The fraction of sp³-hybridized carbons (Fsp3) is 0.818. The number of carbonyl (C=O) groups is 2. The van der Waals surface area contributed by atoms with Crippen molar-refractivity contribution in [3.05, 3.63) is 0 Å². The minimum Gasteiger partial charge on any atom is -0.380 e. The van der Waals surface area contributed by atoms with E-state index in [0.717, 1.165) is 6.54 Å². The van der Waals surface area contributed by atoms with E-state index in [-0.39, 0.29) is 11.7 Å². The first-order valence-electron chi connectivity index (χ1n) is 5.66. The zero-order valence-corrected chi connectivity index (χ0v) is 10.3. The van der Waals surface area contributed by atoms with E-state index in [1.807, 2.05) is 7.05 Å². The molecule has 5 nitrogen and oxygen atoms in total. The first kappa shape index (κ1) is 15.1. The van der Waals surface area contributed by atoms with Crippen LogP contribution >= 0.6 is 0 Å². The highest BCUT2D eigenvalue weighted by molar-refractivity contribution is 5.88. The van der Waals surface area contributed by atoms with Crippen LogP contribution in [0.15, 0.2) is 0 Å². The van der Waals surface area contributed by atoms with Gasteiger partial charge in [0.25, 0.3) is 0 Å².